The molecule has 1 aliphatic heterocycles. The number of aliphatic hydroxyl groups excluding tert-OH is 1. The second-order valence-corrected chi connectivity index (χ2v) is 5.23. The van der Waals surface area contributed by atoms with E-state index in [1.54, 1.807) is 25.5 Å². The summed E-state index contributed by atoms with van der Waals surface area (Å²) in [5.41, 5.74) is 2.42. The second kappa shape index (κ2) is 5.77. The summed E-state index contributed by atoms with van der Waals surface area (Å²) in [5, 5.41) is 10.5. The SMILES string of the molecule is COc1c2c(c(OCC=C(C)C)c3occc13)OC(O)C=C2. The molecule has 0 saturated carbocycles. The molecule has 1 N–H and O–H groups in total. The number of hydrogen-bond acceptors (Lipinski definition) is 5. The minimum Gasteiger partial charge on any atom is -0.495 e. The van der Waals surface area contributed by atoms with Crippen LogP contribution < -0.4 is 14.2 Å². The molecule has 1 aliphatic rings. The van der Waals surface area contributed by atoms with Crippen LogP contribution in [0.4, 0.5) is 0 Å². The third kappa shape index (κ3) is 2.44. The number of benzene rings is 1. The van der Waals surface area contributed by atoms with Gasteiger partial charge in [0.25, 0.3) is 0 Å². The highest BCUT2D eigenvalue weighted by molar-refractivity contribution is 5.96. The summed E-state index contributed by atoms with van der Waals surface area (Å²) in [6.07, 6.45) is 5.84. The number of aliphatic hydroxyl groups is 1. The van der Waals surface area contributed by atoms with Gasteiger partial charge in [-0.05, 0) is 38.1 Å². The van der Waals surface area contributed by atoms with Crippen molar-refractivity contribution in [1.29, 1.82) is 0 Å². The van der Waals surface area contributed by atoms with Crippen LogP contribution in [0.2, 0.25) is 0 Å². The van der Waals surface area contributed by atoms with Crippen LogP contribution in [-0.2, 0) is 0 Å². The predicted octanol–water partition coefficient (Wildman–Crippen LogP) is 3.51. The number of methoxy groups -OCH3 is 1. The Morgan fingerprint density at radius 2 is 2.18 bits per heavy atom. The predicted molar refractivity (Wildman–Crippen MR) is 83.4 cm³/mol. The lowest BCUT2D eigenvalue weighted by atomic mass is 10.1. The summed E-state index contributed by atoms with van der Waals surface area (Å²) in [6.45, 7) is 4.39. The van der Waals surface area contributed by atoms with Gasteiger partial charge in [-0.25, -0.2) is 0 Å². The first-order valence-electron chi connectivity index (χ1n) is 7.02. The van der Waals surface area contributed by atoms with Crippen molar-refractivity contribution in [2.75, 3.05) is 13.7 Å². The molecule has 22 heavy (non-hydrogen) atoms. The number of fused-ring (bicyclic) bond motifs is 2. The number of hydrogen-bond donors (Lipinski definition) is 1. The monoisotopic (exact) mass is 302 g/mol. The molecule has 1 unspecified atom stereocenters. The van der Waals surface area contributed by atoms with E-state index in [9.17, 15) is 5.11 Å². The van der Waals surface area contributed by atoms with E-state index in [2.05, 4.69) is 0 Å². The quantitative estimate of drug-likeness (QED) is 0.876. The number of furan rings is 1. The molecular formula is C17H18O5. The van der Waals surface area contributed by atoms with E-state index >= 15 is 0 Å². The van der Waals surface area contributed by atoms with Gasteiger partial charge in [-0.15, -0.1) is 0 Å². The molecule has 2 aromatic rings. The molecular weight excluding hydrogens is 284 g/mol. The molecule has 1 atom stereocenters. The van der Waals surface area contributed by atoms with Gasteiger partial charge in [0.1, 0.15) is 12.4 Å². The third-order valence-corrected chi connectivity index (χ3v) is 3.40. The summed E-state index contributed by atoms with van der Waals surface area (Å²) in [4.78, 5) is 0. The number of allylic oxidation sites excluding steroid dienone is 1. The maximum absolute atomic E-state index is 9.73. The Kier molecular flexibility index (Phi) is 3.81. The van der Waals surface area contributed by atoms with Crippen molar-refractivity contribution in [3.05, 3.63) is 35.6 Å². The number of ether oxygens (including phenoxy) is 3. The fourth-order valence-electron chi connectivity index (χ4n) is 2.39. The minimum absolute atomic E-state index is 0.389. The van der Waals surface area contributed by atoms with Gasteiger partial charge in [0.05, 0.1) is 24.3 Å². The molecule has 0 bridgehead atoms. The molecule has 5 nitrogen and oxygen atoms in total. The zero-order valence-corrected chi connectivity index (χ0v) is 12.8. The van der Waals surface area contributed by atoms with Gasteiger partial charge < -0.3 is 23.7 Å². The molecule has 0 fully saturated rings. The Bertz CT molecular complexity index is 750. The molecule has 1 aromatic heterocycles. The van der Waals surface area contributed by atoms with Gasteiger partial charge in [0, 0.05) is 0 Å². The van der Waals surface area contributed by atoms with E-state index in [0.29, 0.717) is 29.4 Å². The Labute approximate surface area is 128 Å². The van der Waals surface area contributed by atoms with Crippen LogP contribution in [0.1, 0.15) is 19.4 Å². The molecule has 2 heterocycles. The van der Waals surface area contributed by atoms with Crippen LogP contribution in [0.15, 0.2) is 34.5 Å². The van der Waals surface area contributed by atoms with Crippen molar-refractivity contribution < 1.29 is 23.7 Å². The lowest BCUT2D eigenvalue weighted by Crippen LogP contribution is -2.17. The van der Waals surface area contributed by atoms with E-state index in [1.165, 1.54) is 0 Å². The lowest BCUT2D eigenvalue weighted by molar-refractivity contribution is 0.0206. The van der Waals surface area contributed by atoms with Crippen molar-refractivity contribution in [3.63, 3.8) is 0 Å². The van der Waals surface area contributed by atoms with Crippen LogP contribution in [0, 0.1) is 0 Å². The molecule has 0 amide bonds. The van der Waals surface area contributed by atoms with Crippen molar-refractivity contribution in [3.8, 4) is 17.2 Å². The van der Waals surface area contributed by atoms with Gasteiger partial charge in [0.2, 0.25) is 12.0 Å². The van der Waals surface area contributed by atoms with E-state index in [0.717, 1.165) is 16.5 Å². The molecule has 5 heteroatoms. The van der Waals surface area contributed by atoms with Crippen LogP contribution in [0.3, 0.4) is 0 Å². The van der Waals surface area contributed by atoms with Crippen molar-refractivity contribution in [2.45, 2.75) is 20.1 Å². The van der Waals surface area contributed by atoms with Crippen molar-refractivity contribution in [1.82, 2.24) is 0 Å². The summed E-state index contributed by atoms with van der Waals surface area (Å²) >= 11 is 0. The average Bonchev–Trinajstić information content (AvgIpc) is 2.95. The van der Waals surface area contributed by atoms with E-state index < -0.39 is 6.29 Å². The zero-order chi connectivity index (χ0) is 15.7. The lowest BCUT2D eigenvalue weighted by Gasteiger charge is -2.22. The van der Waals surface area contributed by atoms with Gasteiger partial charge in [-0.1, -0.05) is 5.57 Å². The Balaban J connectivity index is 2.17. The standard InChI is InChI=1S/C17H18O5/c1-10(2)6-8-21-17-15-12(7-9-20-15)14(19-3)11-4-5-13(18)22-16(11)17/h4-7,9,13,18H,8H2,1-3H3. The molecule has 116 valence electrons. The normalized spacial score (nSPS) is 16.1. The first kappa shape index (κ1) is 14.5. The highest BCUT2D eigenvalue weighted by atomic mass is 16.6. The van der Waals surface area contributed by atoms with E-state index in [4.69, 9.17) is 18.6 Å². The Hall–Kier alpha value is -2.40. The number of rotatable bonds is 4. The summed E-state index contributed by atoms with van der Waals surface area (Å²) in [5.74, 6) is 1.53. The van der Waals surface area contributed by atoms with Crippen LogP contribution in [0.25, 0.3) is 17.0 Å². The van der Waals surface area contributed by atoms with E-state index in [-0.39, 0.29) is 0 Å². The molecule has 3 rings (SSSR count). The first-order chi connectivity index (χ1) is 10.6. The maximum Gasteiger partial charge on any atom is 0.217 e. The third-order valence-electron chi connectivity index (χ3n) is 3.40. The van der Waals surface area contributed by atoms with Crippen LogP contribution in [0.5, 0.6) is 17.2 Å². The van der Waals surface area contributed by atoms with Crippen molar-refractivity contribution >= 4 is 17.0 Å². The highest BCUT2D eigenvalue weighted by Gasteiger charge is 2.27. The second-order valence-electron chi connectivity index (χ2n) is 5.23. The summed E-state index contributed by atoms with van der Waals surface area (Å²) < 4.78 is 22.4. The Morgan fingerprint density at radius 3 is 2.91 bits per heavy atom. The van der Waals surface area contributed by atoms with Gasteiger partial charge in [-0.2, -0.15) is 0 Å². The maximum atomic E-state index is 9.73. The molecule has 0 spiro atoms. The van der Waals surface area contributed by atoms with Gasteiger partial charge >= 0.3 is 0 Å². The fourth-order valence-corrected chi connectivity index (χ4v) is 2.39. The highest BCUT2D eigenvalue weighted by Crippen LogP contribution is 2.48. The smallest absolute Gasteiger partial charge is 0.217 e. The van der Waals surface area contributed by atoms with Crippen LogP contribution in [-0.4, -0.2) is 25.1 Å². The molecule has 1 aromatic carbocycles. The van der Waals surface area contributed by atoms with Crippen LogP contribution >= 0.6 is 0 Å². The largest absolute Gasteiger partial charge is 0.495 e. The molecule has 0 saturated heterocycles. The van der Waals surface area contributed by atoms with E-state index in [1.807, 2.05) is 26.0 Å². The average molecular weight is 302 g/mol. The van der Waals surface area contributed by atoms with Gasteiger partial charge in [0.15, 0.2) is 11.3 Å². The molecule has 0 radical (unpaired) electrons. The summed E-state index contributed by atoms with van der Waals surface area (Å²) in [6, 6.07) is 1.82. The zero-order valence-electron chi connectivity index (χ0n) is 12.8. The Morgan fingerprint density at radius 1 is 1.36 bits per heavy atom. The van der Waals surface area contributed by atoms with Gasteiger partial charge in [-0.3, -0.25) is 0 Å². The molecule has 0 aliphatic carbocycles. The van der Waals surface area contributed by atoms with Crippen molar-refractivity contribution in [2.24, 2.45) is 0 Å². The first-order valence-corrected chi connectivity index (χ1v) is 7.02. The minimum atomic E-state index is -1.02. The topological polar surface area (TPSA) is 61.1 Å². The fraction of sp³-hybridized carbons (Fsp3) is 0.294. The summed E-state index contributed by atoms with van der Waals surface area (Å²) in [7, 11) is 1.59.